The number of halogens is 1. The number of nitrogens with zero attached hydrogens (tertiary/aromatic N) is 1. The third kappa shape index (κ3) is 5.11. The van der Waals surface area contributed by atoms with Gasteiger partial charge >= 0.3 is 0 Å². The fourth-order valence-electron chi connectivity index (χ4n) is 3.04. The molecule has 0 unspecified atom stereocenters. The van der Waals surface area contributed by atoms with Crippen molar-refractivity contribution < 1.29 is 13.2 Å². The Kier molecular flexibility index (Phi) is 6.87. The first-order valence-electron chi connectivity index (χ1n) is 8.84. The smallest absolute Gasteiger partial charge is 0.272 e. The molecule has 1 aromatic heterocycles. The van der Waals surface area contributed by atoms with Crippen LogP contribution in [-0.4, -0.2) is 36.6 Å². The van der Waals surface area contributed by atoms with E-state index in [9.17, 15) is 13.2 Å². The van der Waals surface area contributed by atoms with Gasteiger partial charge < -0.3 is 10.6 Å². The Morgan fingerprint density at radius 3 is 2.68 bits per heavy atom. The topological polar surface area (TPSA) is 116 Å². The predicted molar refractivity (Wildman–Crippen MR) is 109 cm³/mol. The van der Waals surface area contributed by atoms with Gasteiger partial charge in [0.2, 0.25) is 10.0 Å². The maximum absolute atomic E-state index is 12.7. The van der Waals surface area contributed by atoms with E-state index in [1.807, 2.05) is 0 Å². The summed E-state index contributed by atoms with van der Waals surface area (Å²) in [5.41, 5.74) is 2.11. The Bertz CT molecular complexity index is 950. The molecular weight excluding hydrogens is 402 g/mol. The molecule has 8 nitrogen and oxygen atoms in total. The van der Waals surface area contributed by atoms with Crippen LogP contribution in [0.15, 0.2) is 29.2 Å². The summed E-state index contributed by atoms with van der Waals surface area (Å²) < 4.78 is 28.0. The first-order chi connectivity index (χ1) is 12.7. The lowest BCUT2D eigenvalue weighted by molar-refractivity contribution is 0.0944. The highest BCUT2D eigenvalue weighted by Crippen LogP contribution is 2.19. The summed E-state index contributed by atoms with van der Waals surface area (Å²) >= 11 is 0. The molecule has 0 fully saturated rings. The second-order valence-corrected chi connectivity index (χ2v) is 9.25. The van der Waals surface area contributed by atoms with Crippen LogP contribution in [0.1, 0.15) is 48.1 Å². The zero-order valence-electron chi connectivity index (χ0n) is 16.1. The largest absolute Gasteiger partial charge is 0.347 e. The summed E-state index contributed by atoms with van der Waals surface area (Å²) in [6.45, 7) is 6.88. The van der Waals surface area contributed by atoms with Gasteiger partial charge in [-0.15, -0.1) is 12.4 Å². The third-order valence-corrected chi connectivity index (χ3v) is 6.02. The van der Waals surface area contributed by atoms with Gasteiger partial charge in [0.15, 0.2) is 5.69 Å². The van der Waals surface area contributed by atoms with Gasteiger partial charge in [0.25, 0.3) is 5.91 Å². The van der Waals surface area contributed by atoms with Gasteiger partial charge in [0.1, 0.15) is 0 Å². The van der Waals surface area contributed by atoms with Gasteiger partial charge in [-0.2, -0.15) is 5.10 Å². The first-order valence-corrected chi connectivity index (χ1v) is 10.3. The summed E-state index contributed by atoms with van der Waals surface area (Å²) in [6, 6.07) is 6.64. The van der Waals surface area contributed by atoms with E-state index in [0.717, 1.165) is 24.2 Å². The van der Waals surface area contributed by atoms with Crippen LogP contribution in [-0.2, 0) is 29.5 Å². The molecule has 0 saturated carbocycles. The van der Waals surface area contributed by atoms with Crippen molar-refractivity contribution in [2.45, 2.75) is 50.7 Å². The molecule has 0 saturated heterocycles. The maximum atomic E-state index is 12.7. The van der Waals surface area contributed by atoms with Crippen molar-refractivity contribution >= 4 is 28.3 Å². The van der Waals surface area contributed by atoms with Gasteiger partial charge in [0, 0.05) is 42.9 Å². The fraction of sp³-hybridized carbons (Fsp3) is 0.444. The number of carbonyl (C=O) groups is 1. The van der Waals surface area contributed by atoms with Crippen LogP contribution >= 0.6 is 12.4 Å². The van der Waals surface area contributed by atoms with Gasteiger partial charge in [-0.1, -0.05) is 18.2 Å². The average Bonchev–Trinajstić information content (AvgIpc) is 3.02. The molecule has 0 bridgehead atoms. The highest BCUT2D eigenvalue weighted by atomic mass is 35.5. The number of nitrogens with one attached hydrogen (secondary N) is 4. The molecule has 28 heavy (non-hydrogen) atoms. The molecule has 1 aliphatic rings. The maximum Gasteiger partial charge on any atom is 0.272 e. The normalized spacial score (nSPS) is 14.1. The van der Waals surface area contributed by atoms with Crippen LogP contribution in [0, 0.1) is 0 Å². The Labute approximate surface area is 171 Å². The zero-order chi connectivity index (χ0) is 19.7. The molecule has 1 aromatic carbocycles. The predicted octanol–water partition coefficient (Wildman–Crippen LogP) is 1.48. The van der Waals surface area contributed by atoms with Crippen LogP contribution < -0.4 is 15.4 Å². The van der Waals surface area contributed by atoms with Crippen molar-refractivity contribution in [2.24, 2.45) is 0 Å². The molecule has 0 radical (unpaired) electrons. The molecule has 10 heteroatoms. The molecule has 1 amide bonds. The van der Waals surface area contributed by atoms with E-state index < -0.39 is 15.6 Å². The number of amides is 1. The van der Waals surface area contributed by atoms with E-state index in [1.165, 1.54) is 6.07 Å². The number of hydrogen-bond acceptors (Lipinski definition) is 5. The van der Waals surface area contributed by atoms with Crippen molar-refractivity contribution in [3.8, 4) is 0 Å². The van der Waals surface area contributed by atoms with E-state index in [4.69, 9.17) is 0 Å². The molecule has 4 N–H and O–H groups in total. The van der Waals surface area contributed by atoms with Crippen molar-refractivity contribution in [1.82, 2.24) is 25.6 Å². The molecule has 0 atom stereocenters. The van der Waals surface area contributed by atoms with E-state index in [2.05, 4.69) is 25.6 Å². The Balaban J connectivity index is 0.00000280. The van der Waals surface area contributed by atoms with E-state index >= 15 is 0 Å². The second-order valence-electron chi connectivity index (χ2n) is 7.60. The highest BCUT2D eigenvalue weighted by Gasteiger charge is 2.25. The molecular formula is C18H26ClN5O3S. The zero-order valence-corrected chi connectivity index (χ0v) is 17.8. The van der Waals surface area contributed by atoms with Gasteiger partial charge in [-0.05, 0) is 32.4 Å². The monoisotopic (exact) mass is 427 g/mol. The summed E-state index contributed by atoms with van der Waals surface area (Å²) in [7, 11) is -3.70. The molecule has 0 spiro atoms. The number of fused-ring (bicyclic) bond motifs is 1. The fourth-order valence-corrected chi connectivity index (χ4v) is 4.70. The average molecular weight is 428 g/mol. The van der Waals surface area contributed by atoms with Crippen LogP contribution in [0.5, 0.6) is 0 Å². The van der Waals surface area contributed by atoms with Crippen molar-refractivity contribution in [3.05, 3.63) is 46.8 Å². The Morgan fingerprint density at radius 1 is 1.25 bits per heavy atom. The summed E-state index contributed by atoms with van der Waals surface area (Å²) in [4.78, 5) is 12.7. The molecule has 2 aromatic rings. The van der Waals surface area contributed by atoms with Gasteiger partial charge in [0.05, 0.1) is 4.90 Å². The number of carbonyl (C=O) groups excluding carboxylic acids is 1. The number of H-pyrrole nitrogens is 1. The number of benzene rings is 1. The van der Waals surface area contributed by atoms with Crippen LogP contribution in [0.4, 0.5) is 0 Å². The minimum absolute atomic E-state index is 0. The number of sulfonamides is 1. The lowest BCUT2D eigenvalue weighted by atomic mass is 10.1. The standard InChI is InChI=1S/C18H25N5O3S.ClH/c1-18(2,3)23-27(25,26)15-7-5-4-6-12(15)10-20-17(24)16-13-11-19-9-8-14(13)21-22-16;/h4-7,19,23H,8-11H2,1-3H3,(H,20,24)(H,21,22);1H. The van der Waals surface area contributed by atoms with Crippen molar-refractivity contribution in [1.29, 1.82) is 0 Å². The molecule has 2 heterocycles. The summed E-state index contributed by atoms with van der Waals surface area (Å²) in [6.07, 6.45) is 0.801. The second kappa shape index (κ2) is 8.60. The van der Waals surface area contributed by atoms with Crippen LogP contribution in [0.25, 0.3) is 0 Å². The molecule has 1 aliphatic heterocycles. The quantitative estimate of drug-likeness (QED) is 0.576. The van der Waals surface area contributed by atoms with E-state index in [0.29, 0.717) is 17.8 Å². The SMILES string of the molecule is CC(C)(C)NS(=O)(=O)c1ccccc1CNC(=O)c1n[nH]c2c1CNCC2.Cl. The summed E-state index contributed by atoms with van der Waals surface area (Å²) in [5, 5.41) is 13.0. The Morgan fingerprint density at radius 2 is 1.96 bits per heavy atom. The number of aromatic nitrogens is 2. The van der Waals surface area contributed by atoms with E-state index in [-0.39, 0.29) is 29.8 Å². The molecule has 154 valence electrons. The van der Waals surface area contributed by atoms with Crippen LogP contribution in [0.3, 0.4) is 0 Å². The third-order valence-electron chi connectivity index (χ3n) is 4.16. The number of hydrogen-bond donors (Lipinski definition) is 4. The molecule has 3 rings (SSSR count). The lowest BCUT2D eigenvalue weighted by Gasteiger charge is -2.21. The van der Waals surface area contributed by atoms with E-state index in [1.54, 1.807) is 39.0 Å². The Hall–Kier alpha value is -1.94. The van der Waals surface area contributed by atoms with Crippen molar-refractivity contribution in [3.63, 3.8) is 0 Å². The van der Waals surface area contributed by atoms with Crippen LogP contribution in [0.2, 0.25) is 0 Å². The lowest BCUT2D eigenvalue weighted by Crippen LogP contribution is -2.41. The summed E-state index contributed by atoms with van der Waals surface area (Å²) in [5.74, 6) is -0.327. The minimum atomic E-state index is -3.70. The molecule has 0 aliphatic carbocycles. The highest BCUT2D eigenvalue weighted by molar-refractivity contribution is 7.89. The number of rotatable bonds is 5. The first kappa shape index (κ1) is 22.4. The number of aromatic amines is 1. The van der Waals surface area contributed by atoms with Gasteiger partial charge in [-0.25, -0.2) is 13.1 Å². The van der Waals surface area contributed by atoms with Gasteiger partial charge in [-0.3, -0.25) is 9.89 Å². The minimum Gasteiger partial charge on any atom is -0.347 e. The van der Waals surface area contributed by atoms with Crippen molar-refractivity contribution in [2.75, 3.05) is 6.54 Å².